The number of sulfone groups is 1. The minimum Gasteiger partial charge on any atom is -0.382 e. The van der Waals surface area contributed by atoms with Crippen LogP contribution >= 0.6 is 0 Å². The molecule has 0 bridgehead atoms. The number of nitrogens with zero attached hydrogens (tertiary/aromatic N) is 3. The molecule has 164 valence electrons. The van der Waals surface area contributed by atoms with E-state index in [2.05, 4.69) is 15.3 Å². The lowest BCUT2D eigenvalue weighted by molar-refractivity contribution is -0.125. The van der Waals surface area contributed by atoms with Crippen molar-refractivity contribution in [2.24, 2.45) is 5.92 Å². The van der Waals surface area contributed by atoms with Crippen LogP contribution in [0.1, 0.15) is 31.9 Å². The van der Waals surface area contributed by atoms with Crippen LogP contribution in [0.2, 0.25) is 0 Å². The number of hydrogen-bond donors (Lipinski definition) is 1. The number of piperidine rings is 1. The number of aryl methyl sites for hydroxylation is 1. The molecule has 1 aliphatic rings. The van der Waals surface area contributed by atoms with Gasteiger partial charge >= 0.3 is 0 Å². The summed E-state index contributed by atoms with van der Waals surface area (Å²) in [6.07, 6.45) is 3.69. The van der Waals surface area contributed by atoms with E-state index in [0.29, 0.717) is 37.8 Å². The quantitative estimate of drug-likeness (QED) is 0.635. The van der Waals surface area contributed by atoms with Gasteiger partial charge in [-0.15, -0.1) is 0 Å². The summed E-state index contributed by atoms with van der Waals surface area (Å²) in [7, 11) is -3.32. The molecule has 8 nitrogen and oxygen atoms in total. The van der Waals surface area contributed by atoms with Crippen molar-refractivity contribution in [3.63, 3.8) is 0 Å². The average molecular weight is 435 g/mol. The largest absolute Gasteiger partial charge is 0.382 e. The SMILES string of the molecule is CCOCCCNC(=O)[C@H]1CCCN(c2nc(C)c3ccc(S(C)(=O)=O)cc3n2)C1. The van der Waals surface area contributed by atoms with E-state index in [1.165, 1.54) is 6.26 Å². The second-order valence-electron chi connectivity index (χ2n) is 7.69. The number of carbonyl (C=O) groups is 1. The van der Waals surface area contributed by atoms with Crippen molar-refractivity contribution in [3.05, 3.63) is 23.9 Å². The van der Waals surface area contributed by atoms with Gasteiger partial charge in [-0.3, -0.25) is 4.79 Å². The highest BCUT2D eigenvalue weighted by molar-refractivity contribution is 7.90. The highest BCUT2D eigenvalue weighted by Crippen LogP contribution is 2.25. The molecule has 1 amide bonds. The van der Waals surface area contributed by atoms with Gasteiger partial charge in [-0.2, -0.15) is 0 Å². The van der Waals surface area contributed by atoms with Crippen LogP contribution in [0.4, 0.5) is 5.95 Å². The van der Waals surface area contributed by atoms with Gasteiger partial charge in [0, 0.05) is 44.5 Å². The molecule has 0 saturated carbocycles. The van der Waals surface area contributed by atoms with Crippen LogP contribution in [0.25, 0.3) is 10.9 Å². The second-order valence-corrected chi connectivity index (χ2v) is 9.70. The molecule has 1 aromatic carbocycles. The molecule has 30 heavy (non-hydrogen) atoms. The lowest BCUT2D eigenvalue weighted by Crippen LogP contribution is -2.44. The third-order valence-electron chi connectivity index (χ3n) is 5.32. The van der Waals surface area contributed by atoms with E-state index in [1.54, 1.807) is 18.2 Å². The first-order chi connectivity index (χ1) is 14.3. The van der Waals surface area contributed by atoms with Crippen molar-refractivity contribution >= 4 is 32.6 Å². The number of rotatable bonds is 8. The second kappa shape index (κ2) is 9.70. The molecule has 1 atom stereocenters. The Labute approximate surface area is 178 Å². The van der Waals surface area contributed by atoms with E-state index >= 15 is 0 Å². The Morgan fingerprint density at radius 3 is 2.87 bits per heavy atom. The lowest BCUT2D eigenvalue weighted by atomic mass is 9.97. The molecule has 9 heteroatoms. The van der Waals surface area contributed by atoms with E-state index < -0.39 is 9.84 Å². The summed E-state index contributed by atoms with van der Waals surface area (Å²) < 4.78 is 29.1. The molecular weight excluding hydrogens is 404 g/mol. The number of nitrogens with one attached hydrogen (secondary N) is 1. The van der Waals surface area contributed by atoms with Gasteiger partial charge < -0.3 is 15.0 Å². The summed E-state index contributed by atoms with van der Waals surface area (Å²) in [5, 5.41) is 3.82. The van der Waals surface area contributed by atoms with Gasteiger partial charge in [-0.25, -0.2) is 18.4 Å². The van der Waals surface area contributed by atoms with Gasteiger partial charge in [0.05, 0.1) is 22.0 Å². The Bertz CT molecular complexity index is 1010. The van der Waals surface area contributed by atoms with Gasteiger partial charge in [0.1, 0.15) is 0 Å². The van der Waals surface area contributed by atoms with E-state index in [0.717, 1.165) is 36.9 Å². The Hall–Kier alpha value is -2.26. The van der Waals surface area contributed by atoms with Crippen LogP contribution in [0.15, 0.2) is 23.1 Å². The third-order valence-corrected chi connectivity index (χ3v) is 6.43. The summed E-state index contributed by atoms with van der Waals surface area (Å²) in [6.45, 7) is 7.09. The molecule has 0 unspecified atom stereocenters. The molecule has 0 spiro atoms. The fourth-order valence-corrected chi connectivity index (χ4v) is 4.31. The van der Waals surface area contributed by atoms with Crippen LogP contribution in [-0.4, -0.2) is 63.4 Å². The van der Waals surface area contributed by atoms with Crippen molar-refractivity contribution < 1.29 is 17.9 Å². The molecule has 1 fully saturated rings. The Morgan fingerprint density at radius 2 is 2.13 bits per heavy atom. The zero-order chi connectivity index (χ0) is 21.7. The van der Waals surface area contributed by atoms with E-state index in [4.69, 9.17) is 4.74 Å². The fourth-order valence-electron chi connectivity index (χ4n) is 3.67. The number of amides is 1. The van der Waals surface area contributed by atoms with Crippen molar-refractivity contribution in [1.29, 1.82) is 0 Å². The van der Waals surface area contributed by atoms with Gasteiger partial charge in [0.15, 0.2) is 9.84 Å². The summed E-state index contributed by atoms with van der Waals surface area (Å²) in [5.41, 5.74) is 1.39. The van der Waals surface area contributed by atoms with E-state index in [9.17, 15) is 13.2 Å². The Morgan fingerprint density at radius 1 is 1.33 bits per heavy atom. The molecule has 1 aliphatic heterocycles. The topological polar surface area (TPSA) is 101 Å². The maximum absolute atomic E-state index is 12.6. The molecule has 0 radical (unpaired) electrons. The maximum atomic E-state index is 12.6. The molecular formula is C21H30N4O4S. The Balaban J connectivity index is 1.73. The van der Waals surface area contributed by atoms with Crippen molar-refractivity contribution in [3.8, 4) is 0 Å². The highest BCUT2D eigenvalue weighted by atomic mass is 32.2. The zero-order valence-electron chi connectivity index (χ0n) is 17.8. The van der Waals surface area contributed by atoms with E-state index in [1.807, 2.05) is 18.7 Å². The lowest BCUT2D eigenvalue weighted by Gasteiger charge is -2.32. The summed E-state index contributed by atoms with van der Waals surface area (Å²) in [6, 6.07) is 4.93. The predicted molar refractivity (Wildman–Crippen MR) is 116 cm³/mol. The van der Waals surface area contributed by atoms with Crippen LogP contribution in [0.5, 0.6) is 0 Å². The molecule has 2 heterocycles. The first-order valence-electron chi connectivity index (χ1n) is 10.4. The minimum atomic E-state index is -3.32. The standard InChI is InChI=1S/C21H30N4O4S/c1-4-29-12-6-10-22-20(26)16-7-5-11-25(14-16)21-23-15(2)18-9-8-17(30(3,27)28)13-19(18)24-21/h8-9,13,16H,4-7,10-12,14H2,1-3H3,(H,22,26)/t16-/m0/s1. The van der Waals surface area contributed by atoms with Crippen molar-refractivity contribution in [1.82, 2.24) is 15.3 Å². The monoisotopic (exact) mass is 434 g/mol. The maximum Gasteiger partial charge on any atom is 0.226 e. The summed E-state index contributed by atoms with van der Waals surface area (Å²) >= 11 is 0. The van der Waals surface area contributed by atoms with Gasteiger partial charge in [-0.1, -0.05) is 0 Å². The first-order valence-corrected chi connectivity index (χ1v) is 12.3. The first kappa shape index (κ1) is 22.4. The minimum absolute atomic E-state index is 0.0491. The molecule has 1 saturated heterocycles. The fraction of sp³-hybridized carbons (Fsp3) is 0.571. The summed E-state index contributed by atoms with van der Waals surface area (Å²) in [4.78, 5) is 24.1. The molecule has 3 rings (SSSR count). The highest BCUT2D eigenvalue weighted by Gasteiger charge is 2.27. The van der Waals surface area contributed by atoms with Crippen molar-refractivity contribution in [2.75, 3.05) is 44.0 Å². The predicted octanol–water partition coefficient (Wildman–Crippen LogP) is 2.10. The number of fused-ring (bicyclic) bond motifs is 1. The molecule has 1 aromatic heterocycles. The van der Waals surface area contributed by atoms with Gasteiger partial charge in [0.25, 0.3) is 0 Å². The van der Waals surface area contributed by atoms with Crippen LogP contribution in [0, 0.1) is 12.8 Å². The average Bonchev–Trinajstić information content (AvgIpc) is 2.72. The molecule has 2 aromatic rings. The number of carbonyl (C=O) groups excluding carboxylic acids is 1. The van der Waals surface area contributed by atoms with Crippen LogP contribution in [-0.2, 0) is 19.4 Å². The molecule has 0 aliphatic carbocycles. The van der Waals surface area contributed by atoms with Gasteiger partial charge in [0.2, 0.25) is 11.9 Å². The van der Waals surface area contributed by atoms with Crippen LogP contribution in [0.3, 0.4) is 0 Å². The zero-order valence-corrected chi connectivity index (χ0v) is 18.7. The number of hydrogen-bond acceptors (Lipinski definition) is 7. The van der Waals surface area contributed by atoms with Crippen LogP contribution < -0.4 is 10.2 Å². The van der Waals surface area contributed by atoms with E-state index in [-0.39, 0.29) is 16.7 Å². The Kier molecular flexibility index (Phi) is 7.25. The third kappa shape index (κ3) is 5.46. The summed E-state index contributed by atoms with van der Waals surface area (Å²) in [5.74, 6) is 0.473. The normalized spacial score (nSPS) is 17.3. The number of aromatic nitrogens is 2. The van der Waals surface area contributed by atoms with Gasteiger partial charge in [-0.05, 0) is 51.3 Å². The number of anilines is 1. The molecule has 1 N–H and O–H groups in total. The smallest absolute Gasteiger partial charge is 0.226 e. The van der Waals surface area contributed by atoms with Crippen molar-refractivity contribution in [2.45, 2.75) is 38.0 Å². The number of benzene rings is 1. The number of ether oxygens (including phenoxy) is 1.